The Bertz CT molecular complexity index is 721. The van der Waals surface area contributed by atoms with Crippen molar-refractivity contribution in [1.82, 2.24) is 4.98 Å². The molecule has 0 aliphatic carbocycles. The molecule has 2 rings (SSSR count). The lowest BCUT2D eigenvalue weighted by atomic mass is 10.1. The van der Waals surface area contributed by atoms with Gasteiger partial charge in [0.15, 0.2) is 5.75 Å². The molecular formula is C13H9F4NO4. The van der Waals surface area contributed by atoms with Gasteiger partial charge in [0.2, 0.25) is 0 Å². The van der Waals surface area contributed by atoms with E-state index in [0.29, 0.717) is 5.56 Å². The normalized spacial score (nSPS) is 11.2. The van der Waals surface area contributed by atoms with E-state index < -0.39 is 30.7 Å². The monoisotopic (exact) mass is 319 g/mol. The fourth-order valence-electron chi connectivity index (χ4n) is 1.90. The summed E-state index contributed by atoms with van der Waals surface area (Å²) in [7, 11) is 0. The SMILES string of the molecule is Cc1cc(C(=O)O)nc2c(OC(F)F)cc(OC(F)F)cc12. The first kappa shape index (κ1) is 15.8. The van der Waals surface area contributed by atoms with Crippen LogP contribution in [-0.2, 0) is 0 Å². The molecule has 0 bridgehead atoms. The summed E-state index contributed by atoms with van der Waals surface area (Å²) in [6, 6.07) is 3.13. The highest BCUT2D eigenvalue weighted by atomic mass is 19.3. The first-order valence-electron chi connectivity index (χ1n) is 5.86. The van der Waals surface area contributed by atoms with Crippen molar-refractivity contribution >= 4 is 16.9 Å². The third kappa shape index (κ3) is 3.35. The number of carboxylic acids is 1. The van der Waals surface area contributed by atoms with Gasteiger partial charge in [0.05, 0.1) is 0 Å². The summed E-state index contributed by atoms with van der Waals surface area (Å²) in [5.41, 5.74) is -0.229. The maximum absolute atomic E-state index is 12.4. The van der Waals surface area contributed by atoms with Gasteiger partial charge in [0.25, 0.3) is 0 Å². The molecule has 9 heteroatoms. The second kappa shape index (κ2) is 6.04. The van der Waals surface area contributed by atoms with Crippen LogP contribution >= 0.6 is 0 Å². The molecule has 22 heavy (non-hydrogen) atoms. The van der Waals surface area contributed by atoms with Crippen LogP contribution in [0.25, 0.3) is 10.9 Å². The number of fused-ring (bicyclic) bond motifs is 1. The van der Waals surface area contributed by atoms with Crippen LogP contribution in [-0.4, -0.2) is 29.3 Å². The predicted molar refractivity (Wildman–Crippen MR) is 66.7 cm³/mol. The number of rotatable bonds is 5. The van der Waals surface area contributed by atoms with Gasteiger partial charge < -0.3 is 14.6 Å². The minimum Gasteiger partial charge on any atom is -0.477 e. The van der Waals surface area contributed by atoms with Crippen molar-refractivity contribution in [3.63, 3.8) is 0 Å². The summed E-state index contributed by atoms with van der Waals surface area (Å²) in [6.45, 7) is -4.90. The summed E-state index contributed by atoms with van der Waals surface area (Å²) in [4.78, 5) is 14.7. The molecule has 5 nitrogen and oxygen atoms in total. The summed E-state index contributed by atoms with van der Waals surface area (Å²) < 4.78 is 57.9. The number of nitrogens with zero attached hydrogens (tertiary/aromatic N) is 1. The number of benzene rings is 1. The van der Waals surface area contributed by atoms with Gasteiger partial charge >= 0.3 is 19.2 Å². The Kier molecular flexibility index (Phi) is 4.34. The van der Waals surface area contributed by atoms with Gasteiger partial charge in [0, 0.05) is 11.5 Å². The van der Waals surface area contributed by atoms with Crippen molar-refractivity contribution < 1.29 is 36.9 Å². The van der Waals surface area contributed by atoms with E-state index in [1.807, 2.05) is 0 Å². The van der Waals surface area contributed by atoms with Crippen LogP contribution in [0.15, 0.2) is 18.2 Å². The van der Waals surface area contributed by atoms with E-state index in [1.54, 1.807) is 0 Å². The van der Waals surface area contributed by atoms with E-state index in [4.69, 9.17) is 5.11 Å². The van der Waals surface area contributed by atoms with Crippen molar-refractivity contribution in [2.24, 2.45) is 0 Å². The highest BCUT2D eigenvalue weighted by Crippen LogP contribution is 2.33. The Morgan fingerprint density at radius 1 is 1.14 bits per heavy atom. The average Bonchev–Trinajstić information content (AvgIpc) is 2.38. The van der Waals surface area contributed by atoms with Crippen molar-refractivity contribution in [3.8, 4) is 11.5 Å². The summed E-state index contributed by atoms with van der Waals surface area (Å²) in [6.07, 6.45) is 0. The number of aromatic nitrogens is 1. The first-order chi connectivity index (χ1) is 10.3. The number of aryl methyl sites for hydroxylation is 1. The van der Waals surface area contributed by atoms with Gasteiger partial charge in [-0.05, 0) is 24.6 Å². The van der Waals surface area contributed by atoms with Gasteiger partial charge in [-0.15, -0.1) is 0 Å². The Hall–Kier alpha value is -2.58. The molecule has 1 aromatic heterocycles. The zero-order valence-corrected chi connectivity index (χ0v) is 11.0. The van der Waals surface area contributed by atoms with E-state index >= 15 is 0 Å². The quantitative estimate of drug-likeness (QED) is 0.855. The Morgan fingerprint density at radius 2 is 1.77 bits per heavy atom. The van der Waals surface area contributed by atoms with Crippen LogP contribution in [0.4, 0.5) is 17.6 Å². The number of ether oxygens (including phenoxy) is 2. The Morgan fingerprint density at radius 3 is 2.32 bits per heavy atom. The molecule has 0 saturated carbocycles. The highest BCUT2D eigenvalue weighted by molar-refractivity contribution is 5.94. The molecule has 0 amide bonds. The largest absolute Gasteiger partial charge is 0.477 e. The van der Waals surface area contributed by atoms with Crippen LogP contribution in [0.5, 0.6) is 11.5 Å². The van der Waals surface area contributed by atoms with Gasteiger partial charge in [0.1, 0.15) is 17.0 Å². The molecule has 118 valence electrons. The predicted octanol–water partition coefficient (Wildman–Crippen LogP) is 3.44. The second-order valence-electron chi connectivity index (χ2n) is 4.20. The number of hydrogen-bond donors (Lipinski definition) is 1. The Balaban J connectivity index is 2.69. The molecule has 0 saturated heterocycles. The average molecular weight is 319 g/mol. The molecule has 0 aliphatic heterocycles. The maximum Gasteiger partial charge on any atom is 0.387 e. The van der Waals surface area contributed by atoms with Gasteiger partial charge in [-0.1, -0.05) is 0 Å². The molecule has 0 spiro atoms. The van der Waals surface area contributed by atoms with Crippen molar-refractivity contribution in [1.29, 1.82) is 0 Å². The lowest BCUT2D eigenvalue weighted by Gasteiger charge is -2.13. The third-order valence-corrected chi connectivity index (χ3v) is 2.72. The van der Waals surface area contributed by atoms with E-state index in [1.165, 1.54) is 13.0 Å². The lowest BCUT2D eigenvalue weighted by molar-refractivity contribution is -0.0536. The molecule has 0 radical (unpaired) electrons. The highest BCUT2D eigenvalue weighted by Gasteiger charge is 2.18. The number of carboxylic acid groups (broad SMARTS) is 1. The molecule has 0 unspecified atom stereocenters. The van der Waals surface area contributed by atoms with Crippen molar-refractivity contribution in [3.05, 3.63) is 29.5 Å². The lowest BCUT2D eigenvalue weighted by Crippen LogP contribution is -2.07. The van der Waals surface area contributed by atoms with Crippen LogP contribution in [0, 0.1) is 6.92 Å². The van der Waals surface area contributed by atoms with E-state index in [2.05, 4.69) is 14.5 Å². The molecule has 1 heterocycles. The summed E-state index contributed by atoms with van der Waals surface area (Å²) in [5, 5.41) is 9.11. The van der Waals surface area contributed by atoms with Gasteiger partial charge in [-0.2, -0.15) is 17.6 Å². The number of aromatic carboxylic acids is 1. The molecular weight excluding hydrogens is 310 g/mol. The van der Waals surface area contributed by atoms with Crippen molar-refractivity contribution in [2.75, 3.05) is 0 Å². The standard InChI is InChI=1S/C13H9F4NO4/c1-5-2-8(11(19)20)18-10-7(5)3-6(21-12(14)15)4-9(10)22-13(16)17/h2-4,12-13H,1H3,(H,19,20). The first-order valence-corrected chi connectivity index (χ1v) is 5.86. The van der Waals surface area contributed by atoms with Crippen molar-refractivity contribution in [2.45, 2.75) is 20.1 Å². The summed E-state index contributed by atoms with van der Waals surface area (Å²) >= 11 is 0. The molecule has 0 atom stereocenters. The number of pyridine rings is 1. The van der Waals surface area contributed by atoms with E-state index in [9.17, 15) is 22.4 Å². The van der Waals surface area contributed by atoms with E-state index in [-0.39, 0.29) is 16.6 Å². The smallest absolute Gasteiger partial charge is 0.387 e. The molecule has 0 fully saturated rings. The number of alkyl halides is 4. The van der Waals surface area contributed by atoms with Crippen LogP contribution in [0.3, 0.4) is 0 Å². The molecule has 1 N–H and O–H groups in total. The van der Waals surface area contributed by atoms with Crippen LogP contribution in [0.2, 0.25) is 0 Å². The number of halogens is 4. The fraction of sp³-hybridized carbons (Fsp3) is 0.231. The minimum absolute atomic E-state index is 0.166. The van der Waals surface area contributed by atoms with Gasteiger partial charge in [-0.25, -0.2) is 9.78 Å². The molecule has 0 aliphatic rings. The summed E-state index contributed by atoms with van der Waals surface area (Å²) in [5.74, 6) is -2.30. The fourth-order valence-corrected chi connectivity index (χ4v) is 1.90. The van der Waals surface area contributed by atoms with Crippen LogP contribution in [0.1, 0.15) is 16.1 Å². The van der Waals surface area contributed by atoms with E-state index in [0.717, 1.165) is 12.1 Å². The van der Waals surface area contributed by atoms with Gasteiger partial charge in [-0.3, -0.25) is 0 Å². The molecule has 1 aromatic carbocycles. The Labute approximate surface area is 121 Å². The number of hydrogen-bond acceptors (Lipinski definition) is 4. The zero-order valence-electron chi connectivity index (χ0n) is 11.0. The topological polar surface area (TPSA) is 68.7 Å². The minimum atomic E-state index is -3.24. The van der Waals surface area contributed by atoms with Crippen LogP contribution < -0.4 is 9.47 Å². The second-order valence-corrected chi connectivity index (χ2v) is 4.20. The number of carbonyl (C=O) groups is 1. The molecule has 2 aromatic rings. The maximum atomic E-state index is 12.4. The zero-order chi connectivity index (χ0) is 16.4. The third-order valence-electron chi connectivity index (χ3n) is 2.72.